The molecule has 0 aliphatic rings. The molecular weight excluding hydrogens is 460 g/mol. The average Bonchev–Trinajstić information content (AvgIpc) is 2.89. The summed E-state index contributed by atoms with van der Waals surface area (Å²) in [7, 11) is 1.55. The molecule has 1 atom stereocenters. The van der Waals surface area contributed by atoms with E-state index in [1.54, 1.807) is 43.5 Å². The summed E-state index contributed by atoms with van der Waals surface area (Å²) in [6.45, 7) is 5.52. The maximum Gasteiger partial charge on any atom is 0.338 e. The van der Waals surface area contributed by atoms with Crippen molar-refractivity contribution in [1.82, 2.24) is 15.0 Å². The number of phenolic OH excluding ortho intramolecular Hbond substituents is 1. The van der Waals surface area contributed by atoms with Crippen molar-refractivity contribution < 1.29 is 24.1 Å². The molecule has 9 heteroatoms. The van der Waals surface area contributed by atoms with E-state index in [0.717, 1.165) is 12.8 Å². The number of benzene rings is 2. The molecule has 3 rings (SSSR count). The Morgan fingerprint density at radius 3 is 2.58 bits per heavy atom. The van der Waals surface area contributed by atoms with Crippen LogP contribution in [0.15, 0.2) is 48.8 Å². The molecule has 0 saturated heterocycles. The number of esters is 1. The summed E-state index contributed by atoms with van der Waals surface area (Å²) >= 11 is 0. The van der Waals surface area contributed by atoms with Gasteiger partial charge in [0, 0.05) is 18.9 Å². The van der Waals surface area contributed by atoms with Gasteiger partial charge in [0.1, 0.15) is 24.4 Å². The third-order valence-corrected chi connectivity index (χ3v) is 5.71. The highest BCUT2D eigenvalue weighted by Gasteiger charge is 2.13. The lowest BCUT2D eigenvalue weighted by Crippen LogP contribution is -2.11. The molecule has 1 unspecified atom stereocenters. The van der Waals surface area contributed by atoms with Crippen molar-refractivity contribution in [3.8, 4) is 22.9 Å². The van der Waals surface area contributed by atoms with E-state index in [-0.39, 0.29) is 12.4 Å². The number of nitrogens with zero attached hydrogens (tertiary/aromatic N) is 3. The highest BCUT2D eigenvalue weighted by atomic mass is 16.6. The lowest BCUT2D eigenvalue weighted by atomic mass is 10.0. The number of phenols is 1. The van der Waals surface area contributed by atoms with E-state index in [0.29, 0.717) is 53.5 Å². The third-order valence-electron chi connectivity index (χ3n) is 5.71. The number of ether oxygens (including phenoxy) is 3. The van der Waals surface area contributed by atoms with Gasteiger partial charge < -0.3 is 24.6 Å². The maximum atomic E-state index is 12.0. The maximum absolute atomic E-state index is 12.0. The van der Waals surface area contributed by atoms with Gasteiger partial charge in [0.25, 0.3) is 0 Å². The second-order valence-corrected chi connectivity index (χ2v) is 8.37. The van der Waals surface area contributed by atoms with Crippen LogP contribution in [-0.2, 0) is 9.47 Å². The van der Waals surface area contributed by atoms with Crippen LogP contribution in [0.25, 0.3) is 11.4 Å². The Morgan fingerprint density at radius 2 is 1.89 bits per heavy atom. The first-order valence-electron chi connectivity index (χ1n) is 12.2. The second-order valence-electron chi connectivity index (χ2n) is 8.37. The SMILES string of the molecule is CCCCC(CC)COc1ccc(-c2ncnc(Nc3ccc(C(=O)OCCOC)cc3)n2)c(O)c1. The van der Waals surface area contributed by atoms with Gasteiger partial charge >= 0.3 is 5.97 Å². The fourth-order valence-electron chi connectivity index (χ4n) is 3.51. The van der Waals surface area contributed by atoms with Gasteiger partial charge in [-0.2, -0.15) is 4.98 Å². The fourth-order valence-corrected chi connectivity index (χ4v) is 3.51. The Balaban J connectivity index is 1.63. The van der Waals surface area contributed by atoms with Crippen molar-refractivity contribution in [3.63, 3.8) is 0 Å². The third kappa shape index (κ3) is 7.91. The number of hydrogen-bond donors (Lipinski definition) is 2. The molecule has 192 valence electrons. The molecule has 0 fully saturated rings. The van der Waals surface area contributed by atoms with Gasteiger partial charge in [0.15, 0.2) is 5.82 Å². The van der Waals surface area contributed by atoms with Crippen LogP contribution in [0.1, 0.15) is 49.9 Å². The van der Waals surface area contributed by atoms with Gasteiger partial charge in [-0.05, 0) is 48.7 Å². The monoisotopic (exact) mass is 494 g/mol. The predicted molar refractivity (Wildman–Crippen MR) is 138 cm³/mol. The molecule has 0 aliphatic carbocycles. The van der Waals surface area contributed by atoms with E-state index < -0.39 is 5.97 Å². The van der Waals surface area contributed by atoms with E-state index in [1.807, 2.05) is 6.07 Å². The zero-order chi connectivity index (χ0) is 25.8. The Bertz CT molecular complexity index is 1110. The van der Waals surface area contributed by atoms with Gasteiger partial charge in [-0.15, -0.1) is 0 Å². The number of unbranched alkanes of at least 4 members (excludes halogenated alkanes) is 1. The minimum absolute atomic E-state index is 0.0302. The van der Waals surface area contributed by atoms with Crippen LogP contribution < -0.4 is 10.1 Å². The Labute approximate surface area is 211 Å². The summed E-state index contributed by atoms with van der Waals surface area (Å²) in [6.07, 6.45) is 5.93. The van der Waals surface area contributed by atoms with Crippen LogP contribution in [0.5, 0.6) is 11.5 Å². The predicted octanol–water partition coefficient (Wildman–Crippen LogP) is 5.39. The topological polar surface area (TPSA) is 116 Å². The highest BCUT2D eigenvalue weighted by Crippen LogP contribution is 2.31. The number of aromatic nitrogens is 3. The zero-order valence-electron chi connectivity index (χ0n) is 21.1. The molecule has 2 N–H and O–H groups in total. The van der Waals surface area contributed by atoms with Crippen LogP contribution in [0.2, 0.25) is 0 Å². The normalized spacial score (nSPS) is 11.6. The van der Waals surface area contributed by atoms with Gasteiger partial charge in [-0.25, -0.2) is 14.8 Å². The molecule has 2 aromatic carbocycles. The fraction of sp³-hybridized carbons (Fsp3) is 0.407. The number of aromatic hydroxyl groups is 1. The molecule has 0 bridgehead atoms. The molecule has 0 radical (unpaired) electrons. The minimum Gasteiger partial charge on any atom is -0.507 e. The first-order chi connectivity index (χ1) is 17.5. The molecular formula is C27H34N4O5. The number of carbonyl (C=O) groups excluding carboxylic acids is 1. The van der Waals surface area contributed by atoms with Crippen LogP contribution in [0, 0.1) is 5.92 Å². The molecule has 0 saturated carbocycles. The van der Waals surface area contributed by atoms with E-state index >= 15 is 0 Å². The quantitative estimate of drug-likeness (QED) is 0.225. The standard InChI is InChI=1S/C27H34N4O5/c1-4-6-7-19(5-2)17-36-22-12-13-23(24(32)16-22)25-28-18-29-27(31-25)30-21-10-8-20(9-11-21)26(33)35-15-14-34-3/h8-13,16,18-19,32H,4-7,14-15,17H2,1-3H3,(H,28,29,30,31). The van der Waals surface area contributed by atoms with Crippen molar-refractivity contribution in [2.24, 2.45) is 5.92 Å². The van der Waals surface area contributed by atoms with Crippen LogP contribution in [0.4, 0.5) is 11.6 Å². The van der Waals surface area contributed by atoms with E-state index in [9.17, 15) is 9.90 Å². The second kappa shape index (κ2) is 14.0. The molecule has 9 nitrogen and oxygen atoms in total. The highest BCUT2D eigenvalue weighted by molar-refractivity contribution is 5.89. The number of hydrogen-bond acceptors (Lipinski definition) is 9. The summed E-state index contributed by atoms with van der Waals surface area (Å²) in [6, 6.07) is 11.9. The Hall–Kier alpha value is -3.72. The molecule has 36 heavy (non-hydrogen) atoms. The van der Waals surface area contributed by atoms with E-state index in [1.165, 1.54) is 19.2 Å². The lowest BCUT2D eigenvalue weighted by molar-refractivity contribution is 0.0388. The van der Waals surface area contributed by atoms with Crippen molar-refractivity contribution in [2.75, 3.05) is 32.2 Å². The smallest absolute Gasteiger partial charge is 0.338 e. The molecule has 1 aromatic heterocycles. The van der Waals surface area contributed by atoms with Crippen LogP contribution >= 0.6 is 0 Å². The Morgan fingerprint density at radius 1 is 1.08 bits per heavy atom. The number of methoxy groups -OCH3 is 1. The van der Waals surface area contributed by atoms with E-state index in [2.05, 4.69) is 34.1 Å². The molecule has 0 spiro atoms. The lowest BCUT2D eigenvalue weighted by Gasteiger charge is -2.16. The van der Waals surface area contributed by atoms with E-state index in [4.69, 9.17) is 14.2 Å². The zero-order valence-corrected chi connectivity index (χ0v) is 21.1. The van der Waals surface area contributed by atoms with Crippen molar-refractivity contribution in [2.45, 2.75) is 39.5 Å². The number of anilines is 2. The molecule has 3 aromatic rings. The van der Waals surface area contributed by atoms with Crippen molar-refractivity contribution in [3.05, 3.63) is 54.4 Å². The summed E-state index contributed by atoms with van der Waals surface area (Å²) in [5, 5.41) is 13.7. The molecule has 0 amide bonds. The average molecular weight is 495 g/mol. The Kier molecular flexibility index (Phi) is 10.4. The summed E-state index contributed by atoms with van der Waals surface area (Å²) in [5.74, 6) is 1.34. The first kappa shape index (κ1) is 26.9. The van der Waals surface area contributed by atoms with Crippen molar-refractivity contribution >= 4 is 17.6 Å². The largest absolute Gasteiger partial charge is 0.507 e. The summed E-state index contributed by atoms with van der Waals surface area (Å²) < 4.78 is 15.9. The minimum atomic E-state index is -0.421. The van der Waals surface area contributed by atoms with Gasteiger partial charge in [0.05, 0.1) is 24.3 Å². The molecule has 0 aliphatic heterocycles. The number of rotatable bonds is 14. The molecule has 1 heterocycles. The van der Waals surface area contributed by atoms with Gasteiger partial charge in [-0.1, -0.05) is 33.1 Å². The summed E-state index contributed by atoms with van der Waals surface area (Å²) in [4.78, 5) is 24.8. The van der Waals surface area contributed by atoms with Crippen LogP contribution in [0.3, 0.4) is 0 Å². The summed E-state index contributed by atoms with van der Waals surface area (Å²) in [5.41, 5.74) is 1.58. The number of nitrogens with one attached hydrogen (secondary N) is 1. The number of carbonyl (C=O) groups is 1. The first-order valence-corrected chi connectivity index (χ1v) is 12.2. The van der Waals surface area contributed by atoms with Gasteiger partial charge in [-0.3, -0.25) is 0 Å². The van der Waals surface area contributed by atoms with Crippen molar-refractivity contribution in [1.29, 1.82) is 0 Å². The van der Waals surface area contributed by atoms with Gasteiger partial charge in [0.2, 0.25) is 5.95 Å². The van der Waals surface area contributed by atoms with Crippen LogP contribution in [-0.4, -0.2) is 53.0 Å².